The molecule has 0 unspecified atom stereocenters. The molecule has 0 atom stereocenters. The van der Waals surface area contributed by atoms with Crippen LogP contribution in [0.15, 0.2) is 24.3 Å². The summed E-state index contributed by atoms with van der Waals surface area (Å²) in [7, 11) is 0. The van der Waals surface area contributed by atoms with E-state index >= 15 is 0 Å². The minimum Gasteiger partial charge on any atom is -0.465 e. The van der Waals surface area contributed by atoms with Gasteiger partial charge in [-0.3, -0.25) is 4.79 Å². The zero-order chi connectivity index (χ0) is 16.2. The number of esters is 1. The molecule has 1 N–H and O–H groups in total. The maximum absolute atomic E-state index is 12.0. The third kappa shape index (κ3) is 3.41. The third-order valence-corrected chi connectivity index (χ3v) is 4.43. The average Bonchev–Trinajstić information content (AvgIpc) is 2.52. The van der Waals surface area contributed by atoms with Gasteiger partial charge in [0, 0.05) is 25.3 Å². The number of anilines is 1. The van der Waals surface area contributed by atoms with Gasteiger partial charge in [0.1, 0.15) is 6.54 Å². The Morgan fingerprint density at radius 3 is 2.87 bits per heavy atom. The molecular formula is C17H23N3O3. The van der Waals surface area contributed by atoms with Crippen molar-refractivity contribution in [2.45, 2.75) is 25.8 Å². The van der Waals surface area contributed by atoms with E-state index in [9.17, 15) is 9.59 Å². The summed E-state index contributed by atoms with van der Waals surface area (Å²) in [6, 6.07) is 8.67. The summed E-state index contributed by atoms with van der Waals surface area (Å²) in [5, 5.41) is 2.61. The summed E-state index contributed by atoms with van der Waals surface area (Å²) in [5.74, 6) is -0.400. The lowest BCUT2D eigenvalue weighted by molar-refractivity contribution is -0.141. The van der Waals surface area contributed by atoms with E-state index in [0.717, 1.165) is 19.4 Å². The van der Waals surface area contributed by atoms with Gasteiger partial charge in [0.15, 0.2) is 0 Å². The number of urea groups is 1. The second-order valence-electron chi connectivity index (χ2n) is 5.95. The predicted octanol–water partition coefficient (Wildman–Crippen LogP) is 1.40. The Balaban J connectivity index is 1.50. The molecule has 2 heterocycles. The molecule has 1 fully saturated rings. The fourth-order valence-corrected chi connectivity index (χ4v) is 3.23. The predicted molar refractivity (Wildman–Crippen MR) is 87.5 cm³/mol. The number of carbonyl (C=O) groups is 2. The van der Waals surface area contributed by atoms with Gasteiger partial charge in [0.05, 0.1) is 12.6 Å². The number of para-hydroxylation sites is 1. The highest BCUT2D eigenvalue weighted by atomic mass is 16.5. The molecule has 6 nitrogen and oxygen atoms in total. The number of fused-ring (bicyclic) bond motifs is 1. The number of carbonyl (C=O) groups excluding carboxylic acids is 2. The molecule has 1 saturated heterocycles. The number of hydrogen-bond donors (Lipinski definition) is 1. The Hall–Kier alpha value is -2.24. The molecule has 0 spiro atoms. The minimum absolute atomic E-state index is 0.0691. The maximum Gasteiger partial charge on any atom is 0.325 e. The summed E-state index contributed by atoms with van der Waals surface area (Å²) >= 11 is 0. The first-order chi connectivity index (χ1) is 11.2. The van der Waals surface area contributed by atoms with Crippen LogP contribution in [0.25, 0.3) is 0 Å². The molecule has 0 bridgehead atoms. The van der Waals surface area contributed by atoms with Gasteiger partial charge in [-0.25, -0.2) is 4.79 Å². The summed E-state index contributed by atoms with van der Waals surface area (Å²) in [6.45, 7) is 4.44. The second-order valence-corrected chi connectivity index (χ2v) is 5.95. The first-order valence-electron chi connectivity index (χ1n) is 8.22. The molecular weight excluding hydrogens is 294 g/mol. The van der Waals surface area contributed by atoms with Crippen LogP contribution in [0.1, 0.15) is 18.9 Å². The van der Waals surface area contributed by atoms with Crippen molar-refractivity contribution in [3.63, 3.8) is 0 Å². The van der Waals surface area contributed by atoms with E-state index < -0.39 is 5.97 Å². The number of nitrogens with one attached hydrogen (secondary N) is 1. The third-order valence-electron chi connectivity index (χ3n) is 4.43. The summed E-state index contributed by atoms with van der Waals surface area (Å²) < 4.78 is 4.80. The van der Waals surface area contributed by atoms with Crippen LogP contribution in [0, 0.1) is 0 Å². The number of aryl methyl sites for hydroxylation is 1. The number of benzene rings is 1. The smallest absolute Gasteiger partial charge is 0.325 e. The lowest BCUT2D eigenvalue weighted by Gasteiger charge is -2.48. The van der Waals surface area contributed by atoms with Gasteiger partial charge >= 0.3 is 12.0 Å². The van der Waals surface area contributed by atoms with Gasteiger partial charge < -0.3 is 19.9 Å². The van der Waals surface area contributed by atoms with Crippen LogP contribution in [-0.4, -0.2) is 55.7 Å². The van der Waals surface area contributed by atoms with Crippen LogP contribution in [0.4, 0.5) is 10.5 Å². The molecule has 1 aromatic carbocycles. The molecule has 23 heavy (non-hydrogen) atoms. The fraction of sp³-hybridized carbons (Fsp3) is 0.529. The second kappa shape index (κ2) is 6.89. The lowest BCUT2D eigenvalue weighted by Crippen LogP contribution is -2.64. The Morgan fingerprint density at radius 2 is 2.09 bits per heavy atom. The number of likely N-dealkylation sites (tertiary alicyclic amines) is 1. The normalized spacial score (nSPS) is 17.3. The van der Waals surface area contributed by atoms with Crippen molar-refractivity contribution < 1.29 is 14.3 Å². The van der Waals surface area contributed by atoms with E-state index in [1.165, 1.54) is 11.3 Å². The number of rotatable bonds is 4. The van der Waals surface area contributed by atoms with E-state index in [1.54, 1.807) is 11.8 Å². The van der Waals surface area contributed by atoms with E-state index in [2.05, 4.69) is 34.5 Å². The van der Waals surface area contributed by atoms with Crippen molar-refractivity contribution in [1.29, 1.82) is 0 Å². The van der Waals surface area contributed by atoms with Crippen molar-refractivity contribution in [3.8, 4) is 0 Å². The topological polar surface area (TPSA) is 61.9 Å². The molecule has 2 aliphatic heterocycles. The zero-order valence-corrected chi connectivity index (χ0v) is 13.5. The standard InChI is InChI=1S/C17H23N3O3/c1-2-23-16(21)10-18-17(22)19-11-14(12-19)20-9-5-7-13-6-3-4-8-15(13)20/h3-4,6,8,14H,2,5,7,9-12H2,1H3,(H,18,22). The Bertz CT molecular complexity index is 584. The van der Waals surface area contributed by atoms with Crippen molar-refractivity contribution in [2.24, 2.45) is 0 Å². The molecule has 0 radical (unpaired) electrons. The number of hydrogen-bond acceptors (Lipinski definition) is 4. The minimum atomic E-state index is -0.400. The fourth-order valence-electron chi connectivity index (χ4n) is 3.23. The zero-order valence-electron chi connectivity index (χ0n) is 13.5. The average molecular weight is 317 g/mol. The highest BCUT2D eigenvalue weighted by Crippen LogP contribution is 2.31. The molecule has 124 valence electrons. The summed E-state index contributed by atoms with van der Waals surface area (Å²) in [4.78, 5) is 27.4. The highest BCUT2D eigenvalue weighted by molar-refractivity contribution is 5.81. The quantitative estimate of drug-likeness (QED) is 0.853. The monoisotopic (exact) mass is 317 g/mol. The van der Waals surface area contributed by atoms with Crippen molar-refractivity contribution in [1.82, 2.24) is 10.2 Å². The first kappa shape index (κ1) is 15.6. The molecule has 0 aliphatic carbocycles. The first-order valence-corrected chi connectivity index (χ1v) is 8.22. The van der Waals surface area contributed by atoms with Crippen LogP contribution < -0.4 is 10.2 Å². The van der Waals surface area contributed by atoms with Crippen LogP contribution in [0.2, 0.25) is 0 Å². The van der Waals surface area contributed by atoms with E-state index in [-0.39, 0.29) is 12.6 Å². The Labute approximate surface area is 136 Å². The van der Waals surface area contributed by atoms with Gasteiger partial charge in [0.25, 0.3) is 0 Å². The highest BCUT2D eigenvalue weighted by Gasteiger charge is 2.36. The van der Waals surface area contributed by atoms with Gasteiger partial charge in [-0.1, -0.05) is 18.2 Å². The number of ether oxygens (including phenoxy) is 1. The molecule has 6 heteroatoms. The summed E-state index contributed by atoms with van der Waals surface area (Å²) in [5.41, 5.74) is 2.69. The molecule has 2 amide bonds. The summed E-state index contributed by atoms with van der Waals surface area (Å²) in [6.07, 6.45) is 2.28. The largest absolute Gasteiger partial charge is 0.465 e. The van der Waals surface area contributed by atoms with Crippen LogP contribution in [-0.2, 0) is 16.0 Å². The van der Waals surface area contributed by atoms with E-state index in [4.69, 9.17) is 4.74 Å². The van der Waals surface area contributed by atoms with Crippen LogP contribution in [0.3, 0.4) is 0 Å². The molecule has 1 aromatic rings. The van der Waals surface area contributed by atoms with Gasteiger partial charge in [-0.15, -0.1) is 0 Å². The van der Waals surface area contributed by atoms with E-state index in [0.29, 0.717) is 25.7 Å². The van der Waals surface area contributed by atoms with Crippen molar-refractivity contribution in [3.05, 3.63) is 29.8 Å². The molecule has 2 aliphatic rings. The van der Waals surface area contributed by atoms with Gasteiger partial charge in [-0.2, -0.15) is 0 Å². The Kier molecular flexibility index (Phi) is 4.69. The Morgan fingerprint density at radius 1 is 1.30 bits per heavy atom. The van der Waals surface area contributed by atoms with Crippen LogP contribution >= 0.6 is 0 Å². The lowest BCUT2D eigenvalue weighted by atomic mass is 9.97. The van der Waals surface area contributed by atoms with Crippen molar-refractivity contribution in [2.75, 3.05) is 37.7 Å². The van der Waals surface area contributed by atoms with Gasteiger partial charge in [-0.05, 0) is 31.4 Å². The number of nitrogens with zero attached hydrogens (tertiary/aromatic N) is 2. The number of amides is 2. The molecule has 3 rings (SSSR count). The SMILES string of the molecule is CCOC(=O)CNC(=O)N1CC(N2CCCc3ccccc32)C1. The van der Waals surface area contributed by atoms with E-state index in [1.807, 2.05) is 0 Å². The van der Waals surface area contributed by atoms with Gasteiger partial charge in [0.2, 0.25) is 0 Å². The van der Waals surface area contributed by atoms with Crippen LogP contribution in [0.5, 0.6) is 0 Å². The maximum atomic E-state index is 12.0. The molecule has 0 aromatic heterocycles. The molecule has 0 saturated carbocycles. The van der Waals surface area contributed by atoms with Crippen molar-refractivity contribution >= 4 is 17.7 Å².